The Morgan fingerprint density at radius 1 is 0.682 bits per heavy atom. The molecule has 0 saturated heterocycles. The van der Waals surface area contributed by atoms with Gasteiger partial charge < -0.3 is 0 Å². The molecule has 2 aromatic carbocycles. The SMILES string of the molecule is C=C(c1ccccc1)c1cc(C(F)(F)F)cc(C(F)(F)F)c1. The minimum atomic E-state index is -4.87. The maximum atomic E-state index is 12.8. The maximum Gasteiger partial charge on any atom is 0.416 e. The molecule has 0 aliphatic carbocycles. The van der Waals surface area contributed by atoms with Crippen LogP contribution in [-0.4, -0.2) is 0 Å². The number of alkyl halides is 6. The van der Waals surface area contributed by atoms with Gasteiger partial charge in [0.15, 0.2) is 0 Å². The summed E-state index contributed by atoms with van der Waals surface area (Å²) in [4.78, 5) is 0. The fraction of sp³-hybridized carbons (Fsp3) is 0.125. The molecule has 0 spiro atoms. The molecule has 0 N–H and O–H groups in total. The van der Waals surface area contributed by atoms with Crippen LogP contribution in [0.25, 0.3) is 5.57 Å². The second-order valence-corrected chi connectivity index (χ2v) is 4.64. The molecule has 0 heterocycles. The van der Waals surface area contributed by atoms with Crippen LogP contribution < -0.4 is 0 Å². The molecule has 0 radical (unpaired) electrons. The zero-order valence-electron chi connectivity index (χ0n) is 11.1. The van der Waals surface area contributed by atoms with Gasteiger partial charge in [-0.15, -0.1) is 0 Å². The Balaban J connectivity index is 2.58. The van der Waals surface area contributed by atoms with E-state index in [4.69, 9.17) is 0 Å². The topological polar surface area (TPSA) is 0 Å². The van der Waals surface area contributed by atoms with E-state index in [2.05, 4.69) is 6.58 Å². The van der Waals surface area contributed by atoms with Crippen LogP contribution in [0, 0.1) is 0 Å². The lowest BCUT2D eigenvalue weighted by atomic mass is 9.95. The monoisotopic (exact) mass is 316 g/mol. The lowest BCUT2D eigenvalue weighted by Crippen LogP contribution is -2.11. The number of halogens is 6. The molecule has 0 saturated carbocycles. The molecule has 2 rings (SSSR count). The Labute approximate surface area is 122 Å². The van der Waals surface area contributed by atoms with Gasteiger partial charge in [-0.2, -0.15) is 26.3 Å². The maximum absolute atomic E-state index is 12.8. The predicted octanol–water partition coefficient (Wildman–Crippen LogP) is 5.79. The second kappa shape index (κ2) is 5.51. The van der Waals surface area contributed by atoms with Gasteiger partial charge in [0.2, 0.25) is 0 Å². The molecule has 0 fully saturated rings. The van der Waals surface area contributed by atoms with E-state index in [1.165, 1.54) is 0 Å². The highest BCUT2D eigenvalue weighted by Gasteiger charge is 2.37. The van der Waals surface area contributed by atoms with Gasteiger partial charge in [0.25, 0.3) is 0 Å². The first-order chi connectivity index (χ1) is 10.1. The Morgan fingerprint density at radius 2 is 1.14 bits per heavy atom. The standard InChI is InChI=1S/C16H10F6/c1-10(11-5-3-2-4-6-11)12-7-13(15(17,18)19)9-14(8-12)16(20,21)22/h2-9H,1H2. The lowest BCUT2D eigenvalue weighted by Gasteiger charge is -2.15. The molecule has 0 aromatic heterocycles. The van der Waals surface area contributed by atoms with Gasteiger partial charge in [0, 0.05) is 0 Å². The fourth-order valence-corrected chi connectivity index (χ4v) is 1.94. The summed E-state index contributed by atoms with van der Waals surface area (Å²) in [7, 11) is 0. The number of benzene rings is 2. The zero-order valence-corrected chi connectivity index (χ0v) is 11.1. The van der Waals surface area contributed by atoms with Gasteiger partial charge in [-0.1, -0.05) is 36.9 Å². The molecule has 2 aromatic rings. The Bertz CT molecular complexity index is 648. The molecule has 0 aliphatic heterocycles. The van der Waals surface area contributed by atoms with Gasteiger partial charge in [-0.25, -0.2) is 0 Å². The molecule has 6 heteroatoms. The predicted molar refractivity (Wildman–Crippen MR) is 71.0 cm³/mol. The normalized spacial score (nSPS) is 12.3. The van der Waals surface area contributed by atoms with E-state index in [1.807, 2.05) is 0 Å². The van der Waals surface area contributed by atoms with Crippen LogP contribution in [0.2, 0.25) is 0 Å². The molecule has 0 aliphatic rings. The largest absolute Gasteiger partial charge is 0.416 e. The highest BCUT2D eigenvalue weighted by atomic mass is 19.4. The van der Waals surface area contributed by atoms with Crippen LogP contribution in [0.3, 0.4) is 0 Å². The van der Waals surface area contributed by atoms with Crippen LogP contribution in [0.15, 0.2) is 55.1 Å². The Kier molecular flexibility index (Phi) is 4.04. The molecule has 0 atom stereocenters. The van der Waals surface area contributed by atoms with Crippen molar-refractivity contribution in [3.63, 3.8) is 0 Å². The summed E-state index contributed by atoms with van der Waals surface area (Å²) in [5.74, 6) is 0. The highest BCUT2D eigenvalue weighted by molar-refractivity contribution is 5.78. The third-order valence-corrected chi connectivity index (χ3v) is 3.06. The first-order valence-electron chi connectivity index (χ1n) is 6.13. The van der Waals surface area contributed by atoms with Gasteiger partial charge in [0.05, 0.1) is 11.1 Å². The summed E-state index contributed by atoms with van der Waals surface area (Å²) >= 11 is 0. The first-order valence-corrected chi connectivity index (χ1v) is 6.13. The summed E-state index contributed by atoms with van der Waals surface area (Å²) in [5.41, 5.74) is -2.37. The van der Waals surface area contributed by atoms with Crippen molar-refractivity contribution in [3.8, 4) is 0 Å². The molecule has 0 amide bonds. The third-order valence-electron chi connectivity index (χ3n) is 3.06. The van der Waals surface area contributed by atoms with Crippen molar-refractivity contribution in [2.24, 2.45) is 0 Å². The van der Waals surface area contributed by atoms with Crippen molar-refractivity contribution in [1.82, 2.24) is 0 Å². The molecule has 116 valence electrons. The summed E-state index contributed by atoms with van der Waals surface area (Å²) < 4.78 is 76.8. The smallest absolute Gasteiger partial charge is 0.166 e. The third kappa shape index (κ3) is 3.50. The summed E-state index contributed by atoms with van der Waals surface area (Å²) in [5, 5.41) is 0. The summed E-state index contributed by atoms with van der Waals surface area (Å²) in [6.45, 7) is 3.61. The van der Waals surface area contributed by atoms with Gasteiger partial charge >= 0.3 is 12.4 Å². The van der Waals surface area contributed by atoms with Crippen LogP contribution in [-0.2, 0) is 12.4 Å². The minimum Gasteiger partial charge on any atom is -0.166 e. The van der Waals surface area contributed by atoms with E-state index in [0.29, 0.717) is 17.7 Å². The van der Waals surface area contributed by atoms with Crippen LogP contribution in [0.1, 0.15) is 22.3 Å². The van der Waals surface area contributed by atoms with Crippen LogP contribution in [0.5, 0.6) is 0 Å². The van der Waals surface area contributed by atoms with E-state index in [1.54, 1.807) is 30.3 Å². The van der Waals surface area contributed by atoms with E-state index < -0.39 is 23.5 Å². The molecule has 22 heavy (non-hydrogen) atoms. The highest BCUT2D eigenvalue weighted by Crippen LogP contribution is 2.38. The lowest BCUT2D eigenvalue weighted by molar-refractivity contribution is -0.143. The van der Waals surface area contributed by atoms with Crippen molar-refractivity contribution in [1.29, 1.82) is 0 Å². The number of hydrogen-bond acceptors (Lipinski definition) is 0. The average molecular weight is 316 g/mol. The van der Waals surface area contributed by atoms with Crippen molar-refractivity contribution in [2.75, 3.05) is 0 Å². The van der Waals surface area contributed by atoms with Gasteiger partial charge in [-0.05, 0) is 34.9 Å². The van der Waals surface area contributed by atoms with Gasteiger partial charge in [-0.3, -0.25) is 0 Å². The Morgan fingerprint density at radius 3 is 1.55 bits per heavy atom. The van der Waals surface area contributed by atoms with E-state index >= 15 is 0 Å². The van der Waals surface area contributed by atoms with E-state index in [9.17, 15) is 26.3 Å². The molecule has 0 nitrogen and oxygen atoms in total. The number of hydrogen-bond donors (Lipinski definition) is 0. The zero-order chi connectivity index (χ0) is 16.5. The summed E-state index contributed by atoms with van der Waals surface area (Å²) in [6, 6.07) is 9.50. The molecule has 0 unspecified atom stereocenters. The van der Waals surface area contributed by atoms with Gasteiger partial charge in [0.1, 0.15) is 0 Å². The van der Waals surface area contributed by atoms with E-state index in [-0.39, 0.29) is 17.2 Å². The Hall–Kier alpha value is -2.24. The quantitative estimate of drug-likeness (QED) is 0.616. The van der Waals surface area contributed by atoms with Crippen LogP contribution >= 0.6 is 0 Å². The minimum absolute atomic E-state index is 0.0946. The van der Waals surface area contributed by atoms with Crippen LogP contribution in [0.4, 0.5) is 26.3 Å². The van der Waals surface area contributed by atoms with Crippen molar-refractivity contribution in [3.05, 3.63) is 77.4 Å². The average Bonchev–Trinajstić information content (AvgIpc) is 2.45. The van der Waals surface area contributed by atoms with E-state index in [0.717, 1.165) is 0 Å². The first kappa shape index (κ1) is 16.1. The molecular weight excluding hydrogens is 306 g/mol. The second-order valence-electron chi connectivity index (χ2n) is 4.64. The summed E-state index contributed by atoms with van der Waals surface area (Å²) in [6.07, 6.45) is -9.74. The molecule has 0 bridgehead atoms. The number of rotatable bonds is 2. The molecular formula is C16H10F6. The van der Waals surface area contributed by atoms with Crippen molar-refractivity contribution >= 4 is 5.57 Å². The van der Waals surface area contributed by atoms with Crippen molar-refractivity contribution < 1.29 is 26.3 Å². The van der Waals surface area contributed by atoms with Crippen molar-refractivity contribution in [2.45, 2.75) is 12.4 Å². The fourth-order valence-electron chi connectivity index (χ4n) is 1.94.